The first-order valence-electron chi connectivity index (χ1n) is 8.34. The third kappa shape index (κ3) is 5.61. The smallest absolute Gasteiger partial charge is 0.315 e. The van der Waals surface area contributed by atoms with Crippen molar-refractivity contribution in [3.63, 3.8) is 0 Å². The van der Waals surface area contributed by atoms with Crippen molar-refractivity contribution in [1.29, 1.82) is 0 Å². The summed E-state index contributed by atoms with van der Waals surface area (Å²) in [6, 6.07) is 3.92. The van der Waals surface area contributed by atoms with Gasteiger partial charge in [0.15, 0.2) is 0 Å². The second kappa shape index (κ2) is 9.43. The first-order valence-corrected chi connectivity index (χ1v) is 8.34. The number of nitrogens with zero attached hydrogens (tertiary/aromatic N) is 2. The number of nitro benzene ring substituents is 1. The Morgan fingerprint density at radius 1 is 1.15 bits per heavy atom. The van der Waals surface area contributed by atoms with Crippen molar-refractivity contribution in [3.05, 3.63) is 51.6 Å². The van der Waals surface area contributed by atoms with E-state index in [9.17, 15) is 24.5 Å². The number of nitro groups is 1. The summed E-state index contributed by atoms with van der Waals surface area (Å²) in [5.41, 5.74) is 0.545. The highest BCUT2D eigenvalue weighted by Gasteiger charge is 2.22. The van der Waals surface area contributed by atoms with E-state index >= 15 is 0 Å². The van der Waals surface area contributed by atoms with Crippen LogP contribution in [0, 0.1) is 10.1 Å². The molecule has 1 aliphatic heterocycles. The van der Waals surface area contributed by atoms with Crippen molar-refractivity contribution in [2.24, 2.45) is 0 Å². The molecule has 0 unspecified atom stereocenters. The maximum atomic E-state index is 11.8. The fraction of sp³-hybridized carbons (Fsp3) is 0.353. The molecule has 0 saturated carbocycles. The van der Waals surface area contributed by atoms with Crippen LogP contribution in [-0.2, 0) is 22.7 Å². The molecule has 0 fully saturated rings. The van der Waals surface area contributed by atoms with E-state index in [1.54, 1.807) is 6.07 Å². The second-order valence-corrected chi connectivity index (χ2v) is 5.86. The van der Waals surface area contributed by atoms with Crippen molar-refractivity contribution in [1.82, 2.24) is 15.5 Å². The third-order valence-corrected chi connectivity index (χ3v) is 3.96. The number of carbonyl (C=O) groups is 3. The minimum Gasteiger partial charge on any atom is -0.391 e. The van der Waals surface area contributed by atoms with Gasteiger partial charge in [-0.2, -0.15) is 0 Å². The number of hydrogen-bond donors (Lipinski definition) is 3. The molecule has 0 atom stereocenters. The lowest BCUT2D eigenvalue weighted by atomic mass is 10.1. The number of carbonyl (C=O) groups excluding carboxylic acids is 3. The number of urea groups is 1. The molecule has 10 heteroatoms. The van der Waals surface area contributed by atoms with Crippen LogP contribution in [0.1, 0.15) is 24.0 Å². The van der Waals surface area contributed by atoms with E-state index in [4.69, 9.17) is 5.11 Å². The molecular weight excluding hydrogens is 356 g/mol. The SMILES string of the molecule is O=C(NCCCCN1C(=O)C=CC1=O)NCc1ccc(CO)c([N+](=O)[O-])c1. The maximum Gasteiger partial charge on any atom is 0.315 e. The Balaban J connectivity index is 1.68. The maximum absolute atomic E-state index is 11.8. The quantitative estimate of drug-likeness (QED) is 0.249. The van der Waals surface area contributed by atoms with Gasteiger partial charge in [0.2, 0.25) is 0 Å². The van der Waals surface area contributed by atoms with Gasteiger partial charge in [0, 0.05) is 37.9 Å². The van der Waals surface area contributed by atoms with E-state index < -0.39 is 17.6 Å². The van der Waals surface area contributed by atoms with Gasteiger partial charge in [0.05, 0.1) is 17.1 Å². The van der Waals surface area contributed by atoms with Gasteiger partial charge in [-0.25, -0.2) is 4.79 Å². The Bertz CT molecular complexity index is 759. The number of unbranched alkanes of at least 4 members (excludes halogenated alkanes) is 1. The lowest BCUT2D eigenvalue weighted by Gasteiger charge is -2.13. The summed E-state index contributed by atoms with van der Waals surface area (Å²) in [5, 5.41) is 25.3. The lowest BCUT2D eigenvalue weighted by molar-refractivity contribution is -0.385. The number of nitrogens with one attached hydrogen (secondary N) is 2. The van der Waals surface area contributed by atoms with E-state index in [1.807, 2.05) is 0 Å². The molecule has 0 radical (unpaired) electrons. The lowest BCUT2D eigenvalue weighted by Crippen LogP contribution is -2.36. The molecule has 3 N–H and O–H groups in total. The minimum absolute atomic E-state index is 0.0980. The van der Waals surface area contributed by atoms with Crippen LogP contribution in [0.15, 0.2) is 30.4 Å². The minimum atomic E-state index is -0.583. The molecule has 0 bridgehead atoms. The zero-order valence-corrected chi connectivity index (χ0v) is 14.5. The van der Waals surface area contributed by atoms with Crippen LogP contribution < -0.4 is 10.6 Å². The van der Waals surface area contributed by atoms with Gasteiger partial charge in [0.1, 0.15) is 0 Å². The van der Waals surface area contributed by atoms with Gasteiger partial charge in [-0.15, -0.1) is 0 Å². The fourth-order valence-corrected chi connectivity index (χ4v) is 2.52. The van der Waals surface area contributed by atoms with E-state index in [2.05, 4.69) is 10.6 Å². The summed E-state index contributed by atoms with van der Waals surface area (Å²) in [6.45, 7) is 0.323. The summed E-state index contributed by atoms with van der Waals surface area (Å²) in [6.07, 6.45) is 3.60. The zero-order valence-electron chi connectivity index (χ0n) is 14.5. The summed E-state index contributed by atoms with van der Waals surface area (Å²) in [5.74, 6) is -0.654. The van der Waals surface area contributed by atoms with Gasteiger partial charge in [-0.1, -0.05) is 6.07 Å². The normalized spacial score (nSPS) is 13.1. The molecule has 0 spiro atoms. The Hall–Kier alpha value is -3.27. The van der Waals surface area contributed by atoms with Crippen LogP contribution in [-0.4, -0.2) is 45.9 Å². The van der Waals surface area contributed by atoms with E-state index in [-0.39, 0.29) is 29.6 Å². The van der Waals surface area contributed by atoms with Gasteiger partial charge in [0.25, 0.3) is 17.5 Å². The summed E-state index contributed by atoms with van der Waals surface area (Å²) >= 11 is 0. The van der Waals surface area contributed by atoms with E-state index in [1.165, 1.54) is 24.3 Å². The Kier molecular flexibility index (Phi) is 7.00. The standard InChI is InChI=1S/C17H20N4O6/c22-11-13-4-3-12(9-14(13)21(26)27)10-19-17(25)18-7-1-2-8-20-15(23)5-6-16(20)24/h3-6,9,22H,1-2,7-8,10-11H2,(H2,18,19,25). The number of amides is 4. The van der Waals surface area contributed by atoms with Crippen molar-refractivity contribution >= 4 is 23.5 Å². The predicted octanol–water partition coefficient (Wildman–Crippen LogP) is 0.591. The number of aliphatic hydroxyl groups excluding tert-OH is 1. The van der Waals surface area contributed by atoms with E-state index in [0.717, 1.165) is 4.90 Å². The zero-order chi connectivity index (χ0) is 19.8. The van der Waals surface area contributed by atoms with Crippen LogP contribution in [0.5, 0.6) is 0 Å². The molecule has 4 amide bonds. The van der Waals surface area contributed by atoms with Gasteiger partial charge < -0.3 is 15.7 Å². The highest BCUT2D eigenvalue weighted by atomic mass is 16.6. The van der Waals surface area contributed by atoms with Crippen LogP contribution >= 0.6 is 0 Å². The van der Waals surface area contributed by atoms with Crippen LogP contribution in [0.25, 0.3) is 0 Å². The number of hydrogen-bond acceptors (Lipinski definition) is 6. The van der Waals surface area contributed by atoms with Gasteiger partial charge in [-0.3, -0.25) is 24.6 Å². The average molecular weight is 376 g/mol. The third-order valence-electron chi connectivity index (χ3n) is 3.96. The van der Waals surface area contributed by atoms with E-state index in [0.29, 0.717) is 31.5 Å². The van der Waals surface area contributed by atoms with Crippen molar-refractivity contribution in [2.45, 2.75) is 26.0 Å². The Morgan fingerprint density at radius 2 is 1.85 bits per heavy atom. The molecular formula is C17H20N4O6. The number of aliphatic hydroxyl groups is 1. The number of rotatable bonds is 9. The average Bonchev–Trinajstić information content (AvgIpc) is 2.97. The van der Waals surface area contributed by atoms with Crippen LogP contribution in [0.4, 0.5) is 10.5 Å². The molecule has 27 heavy (non-hydrogen) atoms. The molecule has 144 valence electrons. The number of imide groups is 1. The molecule has 1 aromatic carbocycles. The molecule has 1 aliphatic rings. The second-order valence-electron chi connectivity index (χ2n) is 5.86. The largest absolute Gasteiger partial charge is 0.391 e. The molecule has 1 heterocycles. The molecule has 1 aromatic rings. The van der Waals surface area contributed by atoms with Gasteiger partial charge in [-0.05, 0) is 24.5 Å². The first-order chi connectivity index (χ1) is 12.9. The molecule has 0 saturated heterocycles. The first kappa shape index (κ1) is 20.0. The predicted molar refractivity (Wildman–Crippen MR) is 94.4 cm³/mol. The monoisotopic (exact) mass is 376 g/mol. The molecule has 0 aliphatic carbocycles. The number of benzene rings is 1. The summed E-state index contributed by atoms with van der Waals surface area (Å²) in [4.78, 5) is 46.0. The molecule has 2 rings (SSSR count). The van der Waals surface area contributed by atoms with Gasteiger partial charge >= 0.3 is 6.03 Å². The summed E-state index contributed by atoms with van der Waals surface area (Å²) < 4.78 is 0. The molecule has 0 aromatic heterocycles. The Labute approximate surface area is 155 Å². The van der Waals surface area contributed by atoms with Crippen molar-refractivity contribution in [3.8, 4) is 0 Å². The Morgan fingerprint density at radius 3 is 2.48 bits per heavy atom. The fourth-order valence-electron chi connectivity index (χ4n) is 2.52. The highest BCUT2D eigenvalue weighted by Crippen LogP contribution is 2.20. The van der Waals surface area contributed by atoms with Crippen molar-refractivity contribution < 1.29 is 24.4 Å². The highest BCUT2D eigenvalue weighted by molar-refractivity contribution is 6.12. The van der Waals surface area contributed by atoms with Crippen LogP contribution in [0.2, 0.25) is 0 Å². The summed E-state index contributed by atoms with van der Waals surface area (Å²) in [7, 11) is 0. The van der Waals surface area contributed by atoms with Crippen LogP contribution in [0.3, 0.4) is 0 Å². The molecule has 10 nitrogen and oxygen atoms in total. The van der Waals surface area contributed by atoms with Crippen molar-refractivity contribution in [2.75, 3.05) is 13.1 Å². The topological polar surface area (TPSA) is 142 Å².